The van der Waals surface area contributed by atoms with E-state index >= 15 is 0 Å². The Hall–Kier alpha value is -2.20. The lowest BCUT2D eigenvalue weighted by Crippen LogP contribution is -2.20. The second kappa shape index (κ2) is 5.30. The number of aromatic nitrogens is 1. The van der Waals surface area contributed by atoms with E-state index in [-0.39, 0.29) is 12.1 Å². The lowest BCUT2D eigenvalue weighted by molar-refractivity contribution is -0.0211. The summed E-state index contributed by atoms with van der Waals surface area (Å²) in [6.45, 7) is 0.0188. The fourth-order valence-corrected chi connectivity index (χ4v) is 2.59. The van der Waals surface area contributed by atoms with Crippen LogP contribution in [0.5, 0.6) is 0 Å². The van der Waals surface area contributed by atoms with E-state index in [9.17, 15) is 8.78 Å². The first kappa shape index (κ1) is 13.8. The molecule has 2 nitrogen and oxygen atoms in total. The highest BCUT2D eigenvalue weighted by atomic mass is 19.3. The monoisotopic (exact) mass is 286 g/mol. The zero-order chi connectivity index (χ0) is 14.9. The molecule has 1 aromatic heterocycles. The summed E-state index contributed by atoms with van der Waals surface area (Å²) in [5.41, 5.74) is 7.47. The molecule has 0 aliphatic heterocycles. The molecule has 0 radical (unpaired) electrons. The number of alkyl halides is 2. The molecule has 0 aliphatic carbocycles. The number of hydrogen-bond acceptors (Lipinski definition) is 1. The Morgan fingerprint density at radius 1 is 0.952 bits per heavy atom. The predicted octanol–water partition coefficient (Wildman–Crippen LogP) is 3.89. The van der Waals surface area contributed by atoms with E-state index < -0.39 is 5.92 Å². The zero-order valence-electron chi connectivity index (χ0n) is 11.5. The summed E-state index contributed by atoms with van der Waals surface area (Å²) >= 11 is 0. The molecule has 0 saturated carbocycles. The minimum atomic E-state index is -2.91. The number of hydrogen-bond donors (Lipinski definition) is 1. The molecular weight excluding hydrogens is 270 g/mol. The highest BCUT2D eigenvalue weighted by Gasteiger charge is 2.32. The molecule has 0 spiro atoms. The Labute approximate surface area is 121 Å². The topological polar surface area (TPSA) is 30.9 Å². The van der Waals surface area contributed by atoms with E-state index in [4.69, 9.17) is 5.73 Å². The fourth-order valence-electron chi connectivity index (χ4n) is 2.59. The first-order valence-electron chi connectivity index (χ1n) is 6.82. The van der Waals surface area contributed by atoms with E-state index in [1.807, 2.05) is 24.3 Å². The van der Waals surface area contributed by atoms with E-state index in [1.165, 1.54) is 12.1 Å². The molecule has 0 amide bonds. The van der Waals surface area contributed by atoms with Gasteiger partial charge < -0.3 is 10.3 Å². The third-order valence-electron chi connectivity index (χ3n) is 3.69. The molecule has 0 aliphatic rings. The second-order valence-corrected chi connectivity index (χ2v) is 5.07. The number of rotatable bonds is 4. The van der Waals surface area contributed by atoms with Crippen molar-refractivity contribution in [1.82, 2.24) is 4.57 Å². The number of halogens is 2. The summed E-state index contributed by atoms with van der Waals surface area (Å²) in [5, 5.41) is 0.934. The van der Waals surface area contributed by atoms with Crippen LogP contribution in [0.2, 0.25) is 0 Å². The van der Waals surface area contributed by atoms with Gasteiger partial charge in [-0.1, -0.05) is 42.5 Å². The quantitative estimate of drug-likeness (QED) is 0.775. The summed E-state index contributed by atoms with van der Waals surface area (Å²) in [6, 6.07) is 15.4. The van der Waals surface area contributed by atoms with Crippen molar-refractivity contribution >= 4 is 10.9 Å². The largest absolute Gasteiger partial charge is 0.341 e. The normalized spacial score (nSPS) is 12.0. The minimum absolute atomic E-state index is 0.0295. The van der Waals surface area contributed by atoms with Crippen molar-refractivity contribution in [2.75, 3.05) is 0 Å². The van der Waals surface area contributed by atoms with Crippen molar-refractivity contribution in [3.63, 3.8) is 0 Å². The van der Waals surface area contributed by atoms with E-state index in [1.54, 1.807) is 29.0 Å². The number of fused-ring (bicyclic) bond motifs is 1. The van der Waals surface area contributed by atoms with Gasteiger partial charge in [-0.2, -0.15) is 8.78 Å². The molecular formula is C17H16F2N2. The standard InChI is InChI=1S/C17H16F2N2/c18-17(19,14-6-2-1-3-7-14)12-21-10-9-15-13(11-20)5-4-8-16(15)21/h1-10H,11-12,20H2. The van der Waals surface area contributed by atoms with Crippen molar-refractivity contribution in [2.45, 2.75) is 19.0 Å². The minimum Gasteiger partial charge on any atom is -0.341 e. The lowest BCUT2D eigenvalue weighted by atomic mass is 10.1. The highest BCUT2D eigenvalue weighted by molar-refractivity contribution is 5.83. The predicted molar refractivity (Wildman–Crippen MR) is 80.2 cm³/mol. The maximum atomic E-state index is 14.4. The smallest absolute Gasteiger partial charge is 0.290 e. The lowest BCUT2D eigenvalue weighted by Gasteiger charge is -2.18. The molecule has 2 N–H and O–H groups in total. The SMILES string of the molecule is NCc1cccc2c1ccn2CC(F)(F)c1ccccc1. The average molecular weight is 286 g/mol. The summed E-state index contributed by atoms with van der Waals surface area (Å²) < 4.78 is 30.4. The van der Waals surface area contributed by atoms with Crippen LogP contribution in [0, 0.1) is 0 Å². The Bertz CT molecular complexity index is 748. The van der Waals surface area contributed by atoms with Crippen LogP contribution in [0.4, 0.5) is 8.78 Å². The first-order chi connectivity index (χ1) is 10.1. The Morgan fingerprint density at radius 3 is 2.43 bits per heavy atom. The maximum Gasteiger partial charge on any atom is 0.290 e. The van der Waals surface area contributed by atoms with Crippen molar-refractivity contribution in [3.05, 3.63) is 71.9 Å². The third kappa shape index (κ3) is 2.54. The molecule has 0 fully saturated rings. The van der Waals surface area contributed by atoms with Gasteiger partial charge in [-0.3, -0.25) is 0 Å². The summed E-state index contributed by atoms with van der Waals surface area (Å²) in [4.78, 5) is 0. The molecule has 0 bridgehead atoms. The van der Waals surface area contributed by atoms with Gasteiger partial charge in [0.2, 0.25) is 0 Å². The Balaban J connectivity index is 1.99. The summed E-state index contributed by atoms with van der Waals surface area (Å²) in [6.07, 6.45) is 1.70. The van der Waals surface area contributed by atoms with Gasteiger partial charge in [-0.05, 0) is 17.7 Å². The first-order valence-corrected chi connectivity index (χ1v) is 6.82. The van der Waals surface area contributed by atoms with Gasteiger partial charge in [0, 0.05) is 29.2 Å². The average Bonchev–Trinajstić information content (AvgIpc) is 2.91. The van der Waals surface area contributed by atoms with E-state index in [0.717, 1.165) is 16.5 Å². The zero-order valence-corrected chi connectivity index (χ0v) is 11.5. The maximum absolute atomic E-state index is 14.4. The number of nitrogens with two attached hydrogens (primary N) is 1. The Kier molecular flexibility index (Phi) is 3.47. The molecule has 108 valence electrons. The van der Waals surface area contributed by atoms with Crippen LogP contribution < -0.4 is 5.73 Å². The van der Waals surface area contributed by atoms with Gasteiger partial charge in [-0.25, -0.2) is 0 Å². The molecule has 1 heterocycles. The highest BCUT2D eigenvalue weighted by Crippen LogP contribution is 2.31. The van der Waals surface area contributed by atoms with Crippen LogP contribution in [0.1, 0.15) is 11.1 Å². The third-order valence-corrected chi connectivity index (χ3v) is 3.69. The van der Waals surface area contributed by atoms with Gasteiger partial charge in [-0.15, -0.1) is 0 Å². The van der Waals surface area contributed by atoms with Crippen LogP contribution in [-0.4, -0.2) is 4.57 Å². The van der Waals surface area contributed by atoms with Crippen LogP contribution in [0.25, 0.3) is 10.9 Å². The number of nitrogens with zero attached hydrogens (tertiary/aromatic N) is 1. The van der Waals surface area contributed by atoms with Crippen LogP contribution >= 0.6 is 0 Å². The van der Waals surface area contributed by atoms with Crippen LogP contribution in [0.3, 0.4) is 0 Å². The number of benzene rings is 2. The van der Waals surface area contributed by atoms with Crippen molar-refractivity contribution < 1.29 is 8.78 Å². The molecule has 0 unspecified atom stereocenters. The summed E-state index contributed by atoms with van der Waals surface area (Å²) in [7, 11) is 0. The van der Waals surface area contributed by atoms with Crippen molar-refractivity contribution in [1.29, 1.82) is 0 Å². The fraction of sp³-hybridized carbons (Fsp3) is 0.176. The second-order valence-electron chi connectivity index (χ2n) is 5.07. The molecule has 2 aromatic carbocycles. The van der Waals surface area contributed by atoms with Gasteiger partial charge in [0.1, 0.15) is 0 Å². The van der Waals surface area contributed by atoms with Crippen LogP contribution in [0.15, 0.2) is 60.8 Å². The Morgan fingerprint density at radius 2 is 1.71 bits per heavy atom. The van der Waals surface area contributed by atoms with Gasteiger partial charge in [0.25, 0.3) is 5.92 Å². The molecule has 0 saturated heterocycles. The van der Waals surface area contributed by atoms with Crippen molar-refractivity contribution in [3.8, 4) is 0 Å². The van der Waals surface area contributed by atoms with Crippen molar-refractivity contribution in [2.24, 2.45) is 5.73 Å². The van der Waals surface area contributed by atoms with Gasteiger partial charge in [0.15, 0.2) is 0 Å². The molecule has 3 aromatic rings. The molecule has 3 rings (SSSR count). The van der Waals surface area contributed by atoms with Crippen LogP contribution in [-0.2, 0) is 19.0 Å². The van der Waals surface area contributed by atoms with E-state index in [0.29, 0.717) is 6.54 Å². The van der Waals surface area contributed by atoms with E-state index in [2.05, 4.69) is 0 Å². The molecule has 0 atom stereocenters. The molecule has 4 heteroatoms. The summed E-state index contributed by atoms with van der Waals surface area (Å²) in [5.74, 6) is -2.91. The molecule has 21 heavy (non-hydrogen) atoms. The van der Waals surface area contributed by atoms with Gasteiger partial charge in [0.05, 0.1) is 6.54 Å². The van der Waals surface area contributed by atoms with Gasteiger partial charge >= 0.3 is 0 Å².